The van der Waals surface area contributed by atoms with Crippen molar-refractivity contribution in [2.75, 3.05) is 13.1 Å². The van der Waals surface area contributed by atoms with Crippen LogP contribution < -0.4 is 5.73 Å². The Balaban J connectivity index is 2.29. The maximum absolute atomic E-state index is 11.4. The summed E-state index contributed by atoms with van der Waals surface area (Å²) in [5.41, 5.74) is 4.44. The summed E-state index contributed by atoms with van der Waals surface area (Å²) < 4.78 is 0. The topological polar surface area (TPSA) is 104 Å². The smallest absolute Gasteiger partial charge is 0.315 e. The molecule has 6 heteroatoms. The third-order valence-electron chi connectivity index (χ3n) is 4.15. The van der Waals surface area contributed by atoms with E-state index >= 15 is 0 Å². The number of primary amides is 1. The van der Waals surface area contributed by atoms with Gasteiger partial charge in [-0.2, -0.15) is 0 Å². The van der Waals surface area contributed by atoms with Crippen LogP contribution in [0, 0.1) is 11.8 Å². The van der Waals surface area contributed by atoms with E-state index in [9.17, 15) is 14.7 Å². The van der Waals surface area contributed by atoms with Gasteiger partial charge in [-0.3, -0.25) is 4.79 Å². The number of rotatable bonds is 8. The van der Waals surface area contributed by atoms with Crippen LogP contribution in [0.25, 0.3) is 0 Å². The first-order valence-corrected chi connectivity index (χ1v) is 8.41. The Morgan fingerprint density at radius 1 is 1.09 bits per heavy atom. The van der Waals surface area contributed by atoms with Crippen molar-refractivity contribution in [1.82, 2.24) is 4.90 Å². The molecular formula is C17H28N2O4. The molecule has 0 unspecified atom stereocenters. The van der Waals surface area contributed by atoms with E-state index in [1.165, 1.54) is 4.90 Å². The second kappa shape index (κ2) is 10.1. The average Bonchev–Trinajstić information content (AvgIpc) is 2.49. The van der Waals surface area contributed by atoms with Crippen LogP contribution in [0.4, 0.5) is 4.79 Å². The van der Waals surface area contributed by atoms with Gasteiger partial charge in [0.1, 0.15) is 5.60 Å². The van der Waals surface area contributed by atoms with Gasteiger partial charge >= 0.3 is 12.0 Å². The summed E-state index contributed by atoms with van der Waals surface area (Å²) in [6, 6.07) is -0.513. The molecule has 0 aliphatic heterocycles. The molecule has 1 fully saturated rings. The monoisotopic (exact) mass is 324 g/mol. The molecule has 6 nitrogen and oxygen atoms in total. The third-order valence-corrected chi connectivity index (χ3v) is 4.15. The summed E-state index contributed by atoms with van der Waals surface area (Å²) in [7, 11) is 0. The quantitative estimate of drug-likeness (QED) is 0.470. The number of amides is 2. The van der Waals surface area contributed by atoms with Crippen LogP contribution in [0.5, 0.6) is 0 Å². The molecule has 0 aromatic carbocycles. The van der Waals surface area contributed by atoms with Crippen molar-refractivity contribution in [2.45, 2.75) is 69.8 Å². The van der Waals surface area contributed by atoms with Gasteiger partial charge in [0.25, 0.3) is 0 Å². The number of aliphatic carboxylic acids is 1. The number of carbonyl (C=O) groups is 2. The van der Waals surface area contributed by atoms with Crippen LogP contribution in [0.2, 0.25) is 0 Å². The fourth-order valence-electron chi connectivity index (χ4n) is 2.76. The molecule has 0 spiro atoms. The zero-order chi connectivity index (χ0) is 17.1. The van der Waals surface area contributed by atoms with Crippen molar-refractivity contribution >= 4 is 12.0 Å². The van der Waals surface area contributed by atoms with E-state index in [1.54, 1.807) is 0 Å². The molecule has 4 N–H and O–H groups in total. The molecule has 2 amide bonds. The van der Waals surface area contributed by atoms with Crippen LogP contribution in [0.1, 0.15) is 64.2 Å². The lowest BCUT2D eigenvalue weighted by molar-refractivity contribution is -0.137. The van der Waals surface area contributed by atoms with Gasteiger partial charge in [0.05, 0.1) is 6.54 Å². The maximum Gasteiger partial charge on any atom is 0.315 e. The first-order chi connectivity index (χ1) is 10.9. The van der Waals surface area contributed by atoms with E-state index in [-0.39, 0.29) is 13.0 Å². The molecule has 1 saturated carbocycles. The number of carbonyl (C=O) groups excluding carboxylic acids is 1. The molecule has 1 aliphatic rings. The summed E-state index contributed by atoms with van der Waals surface area (Å²) in [6.07, 6.45) is 7.79. The highest BCUT2D eigenvalue weighted by molar-refractivity contribution is 5.72. The zero-order valence-corrected chi connectivity index (χ0v) is 13.7. The molecule has 0 aromatic rings. The molecular weight excluding hydrogens is 296 g/mol. The number of hydrogen-bond donors (Lipinski definition) is 3. The van der Waals surface area contributed by atoms with E-state index in [0.717, 1.165) is 38.5 Å². The number of unbranched alkanes of at least 4 members (excludes halogenated alkanes) is 3. The maximum atomic E-state index is 11.4. The van der Waals surface area contributed by atoms with Crippen molar-refractivity contribution in [1.29, 1.82) is 0 Å². The Labute approximate surface area is 138 Å². The number of carboxylic acid groups (broad SMARTS) is 1. The van der Waals surface area contributed by atoms with Gasteiger partial charge in [-0.25, -0.2) is 4.79 Å². The number of hydrogen-bond acceptors (Lipinski definition) is 3. The predicted molar refractivity (Wildman–Crippen MR) is 87.7 cm³/mol. The molecule has 130 valence electrons. The van der Waals surface area contributed by atoms with E-state index in [0.29, 0.717) is 25.8 Å². The van der Waals surface area contributed by atoms with Crippen molar-refractivity contribution in [3.05, 3.63) is 0 Å². The minimum absolute atomic E-state index is 0.184. The van der Waals surface area contributed by atoms with Gasteiger partial charge in [-0.1, -0.05) is 31.1 Å². The number of nitrogens with two attached hydrogens (primary N) is 1. The first kappa shape index (κ1) is 19.3. The van der Waals surface area contributed by atoms with Gasteiger partial charge < -0.3 is 20.8 Å². The standard InChI is InChI=1S/C17H28N2O4/c18-16(22)19(13-7-2-1-4-9-15(20)21)14-8-12-17(23)10-5-3-6-11-17/h23H,1-7,9-11,13-14H2,(H2,18,22)(H,20,21). The second-order valence-electron chi connectivity index (χ2n) is 6.21. The second-order valence-corrected chi connectivity index (χ2v) is 6.21. The summed E-state index contributed by atoms with van der Waals surface area (Å²) in [5.74, 6) is 5.01. The molecule has 0 bridgehead atoms. The Bertz CT molecular complexity index is 447. The van der Waals surface area contributed by atoms with Crippen LogP contribution in [0.3, 0.4) is 0 Å². The molecule has 0 aromatic heterocycles. The third kappa shape index (κ3) is 8.46. The van der Waals surface area contributed by atoms with Crippen LogP contribution in [-0.4, -0.2) is 45.8 Å². The highest BCUT2D eigenvalue weighted by Crippen LogP contribution is 2.27. The highest BCUT2D eigenvalue weighted by atomic mass is 16.4. The lowest BCUT2D eigenvalue weighted by Gasteiger charge is -2.26. The largest absolute Gasteiger partial charge is 0.481 e. The highest BCUT2D eigenvalue weighted by Gasteiger charge is 2.26. The van der Waals surface area contributed by atoms with Crippen LogP contribution in [0.15, 0.2) is 0 Å². The Morgan fingerprint density at radius 2 is 1.74 bits per heavy atom. The van der Waals surface area contributed by atoms with Crippen molar-refractivity contribution in [3.8, 4) is 11.8 Å². The molecule has 0 radical (unpaired) electrons. The first-order valence-electron chi connectivity index (χ1n) is 8.41. The number of aliphatic hydroxyl groups is 1. The molecule has 23 heavy (non-hydrogen) atoms. The van der Waals surface area contributed by atoms with Crippen LogP contribution >= 0.6 is 0 Å². The minimum Gasteiger partial charge on any atom is -0.481 e. The summed E-state index contributed by atoms with van der Waals surface area (Å²) in [4.78, 5) is 23.3. The van der Waals surface area contributed by atoms with E-state index in [2.05, 4.69) is 11.8 Å². The van der Waals surface area contributed by atoms with Crippen molar-refractivity contribution in [3.63, 3.8) is 0 Å². The fourth-order valence-corrected chi connectivity index (χ4v) is 2.76. The normalized spacial score (nSPS) is 16.2. The van der Waals surface area contributed by atoms with E-state index in [1.807, 2.05) is 0 Å². The van der Waals surface area contributed by atoms with Crippen LogP contribution in [-0.2, 0) is 4.79 Å². The van der Waals surface area contributed by atoms with Crippen molar-refractivity contribution in [2.24, 2.45) is 5.73 Å². The minimum atomic E-state index is -0.904. The number of urea groups is 1. The summed E-state index contributed by atoms with van der Waals surface area (Å²) >= 11 is 0. The molecule has 1 rings (SSSR count). The van der Waals surface area contributed by atoms with Gasteiger partial charge in [-0.15, -0.1) is 0 Å². The Kier molecular flexibility index (Phi) is 8.49. The Hall–Kier alpha value is -1.74. The van der Waals surface area contributed by atoms with Gasteiger partial charge in [0.2, 0.25) is 0 Å². The lowest BCUT2D eigenvalue weighted by atomic mass is 9.85. The Morgan fingerprint density at radius 3 is 2.35 bits per heavy atom. The van der Waals surface area contributed by atoms with Crippen molar-refractivity contribution < 1.29 is 19.8 Å². The van der Waals surface area contributed by atoms with E-state index in [4.69, 9.17) is 10.8 Å². The zero-order valence-electron chi connectivity index (χ0n) is 13.7. The van der Waals surface area contributed by atoms with Gasteiger partial charge in [0, 0.05) is 13.0 Å². The number of carboxylic acids is 1. The number of nitrogens with zero attached hydrogens (tertiary/aromatic N) is 1. The molecule has 0 heterocycles. The predicted octanol–water partition coefficient (Wildman–Crippen LogP) is 2.10. The molecule has 0 saturated heterocycles. The summed E-state index contributed by atoms with van der Waals surface area (Å²) in [6.45, 7) is 0.738. The summed E-state index contributed by atoms with van der Waals surface area (Å²) in [5, 5.41) is 18.8. The lowest BCUT2D eigenvalue weighted by Crippen LogP contribution is -2.37. The van der Waals surface area contributed by atoms with Gasteiger partial charge in [-0.05, 0) is 38.5 Å². The van der Waals surface area contributed by atoms with E-state index < -0.39 is 17.6 Å². The fraction of sp³-hybridized carbons (Fsp3) is 0.765. The average molecular weight is 324 g/mol. The SMILES string of the molecule is NC(=O)N(CC#CC1(O)CCCCC1)CCCCCCC(=O)O. The molecule has 0 atom stereocenters. The van der Waals surface area contributed by atoms with Gasteiger partial charge in [0.15, 0.2) is 0 Å². The molecule has 1 aliphatic carbocycles.